The molecule has 3 rings (SSSR count). The maximum atomic E-state index is 12.5. The van der Waals surface area contributed by atoms with Crippen LogP contribution in [0.1, 0.15) is 25.7 Å². The Kier molecular flexibility index (Phi) is 5.31. The molecule has 6 heteroatoms. The van der Waals surface area contributed by atoms with Gasteiger partial charge in [0.1, 0.15) is 5.82 Å². The van der Waals surface area contributed by atoms with Gasteiger partial charge in [-0.05, 0) is 53.7 Å². The highest BCUT2D eigenvalue weighted by molar-refractivity contribution is 9.10. The van der Waals surface area contributed by atoms with E-state index in [9.17, 15) is 4.79 Å². The van der Waals surface area contributed by atoms with Gasteiger partial charge >= 0.3 is 0 Å². The Morgan fingerprint density at radius 2 is 2.14 bits per heavy atom. The van der Waals surface area contributed by atoms with Crippen molar-refractivity contribution in [2.45, 2.75) is 31.7 Å². The van der Waals surface area contributed by atoms with Gasteiger partial charge in [0.15, 0.2) is 0 Å². The topological polar surface area (TPSA) is 54.5 Å². The fraction of sp³-hybridized carbons (Fsp3) is 0.625. The molecule has 0 aliphatic carbocycles. The molecular formula is C16H22BrN3O2. The quantitative estimate of drug-likeness (QED) is 0.890. The Balaban J connectivity index is 1.57. The number of rotatable bonds is 3. The summed E-state index contributed by atoms with van der Waals surface area (Å²) in [7, 11) is 0. The molecule has 5 nitrogen and oxygen atoms in total. The summed E-state index contributed by atoms with van der Waals surface area (Å²) in [4.78, 5) is 19.1. The summed E-state index contributed by atoms with van der Waals surface area (Å²) < 4.78 is 6.31. The average molecular weight is 368 g/mol. The van der Waals surface area contributed by atoms with E-state index in [-0.39, 0.29) is 17.9 Å². The Morgan fingerprint density at radius 1 is 1.32 bits per heavy atom. The van der Waals surface area contributed by atoms with Crippen LogP contribution in [0, 0.1) is 5.92 Å². The number of hydrogen-bond acceptors (Lipinski definition) is 4. The fourth-order valence-corrected chi connectivity index (χ4v) is 3.35. The molecule has 0 aromatic carbocycles. The number of pyridine rings is 1. The first-order valence-corrected chi connectivity index (χ1v) is 8.76. The van der Waals surface area contributed by atoms with E-state index in [1.807, 2.05) is 12.1 Å². The van der Waals surface area contributed by atoms with Crippen LogP contribution >= 0.6 is 15.9 Å². The highest BCUT2D eigenvalue weighted by atomic mass is 79.9. The van der Waals surface area contributed by atoms with Crippen LogP contribution in [0.2, 0.25) is 0 Å². The van der Waals surface area contributed by atoms with Crippen molar-refractivity contribution in [2.24, 2.45) is 5.92 Å². The van der Waals surface area contributed by atoms with E-state index >= 15 is 0 Å². The van der Waals surface area contributed by atoms with Gasteiger partial charge in [0.2, 0.25) is 5.91 Å². The SMILES string of the molecule is O=C(NC1CCOCC1)C1CCCN(c2ccc(Br)cn2)C1. The number of ether oxygens (including phenoxy) is 1. The molecule has 1 aromatic heterocycles. The first-order valence-electron chi connectivity index (χ1n) is 7.97. The van der Waals surface area contributed by atoms with Gasteiger partial charge in [-0.25, -0.2) is 4.98 Å². The molecule has 1 unspecified atom stereocenters. The molecule has 0 saturated carbocycles. The summed E-state index contributed by atoms with van der Waals surface area (Å²) >= 11 is 3.40. The molecule has 2 aliphatic rings. The van der Waals surface area contributed by atoms with Crippen LogP contribution < -0.4 is 10.2 Å². The minimum Gasteiger partial charge on any atom is -0.381 e. The number of amides is 1. The Hall–Kier alpha value is -1.14. The Morgan fingerprint density at radius 3 is 2.86 bits per heavy atom. The molecule has 3 heterocycles. The molecule has 22 heavy (non-hydrogen) atoms. The number of hydrogen-bond donors (Lipinski definition) is 1. The molecule has 1 atom stereocenters. The molecule has 2 saturated heterocycles. The average Bonchev–Trinajstić information content (AvgIpc) is 2.56. The van der Waals surface area contributed by atoms with E-state index in [0.717, 1.165) is 62.3 Å². The van der Waals surface area contributed by atoms with Crippen molar-refractivity contribution in [3.63, 3.8) is 0 Å². The summed E-state index contributed by atoms with van der Waals surface area (Å²) in [5.41, 5.74) is 0. The summed E-state index contributed by atoms with van der Waals surface area (Å²) in [5, 5.41) is 3.20. The maximum absolute atomic E-state index is 12.5. The number of halogens is 1. The van der Waals surface area contributed by atoms with E-state index in [1.54, 1.807) is 6.20 Å². The van der Waals surface area contributed by atoms with Gasteiger partial charge in [-0.2, -0.15) is 0 Å². The molecule has 120 valence electrons. The van der Waals surface area contributed by atoms with Crippen LogP contribution in [0.3, 0.4) is 0 Å². The lowest BCUT2D eigenvalue weighted by molar-refractivity contribution is -0.126. The van der Waals surface area contributed by atoms with Crippen LogP contribution in [0.25, 0.3) is 0 Å². The number of anilines is 1. The molecular weight excluding hydrogens is 346 g/mol. The van der Waals surface area contributed by atoms with Crippen LogP contribution in [0.4, 0.5) is 5.82 Å². The van der Waals surface area contributed by atoms with Gasteiger partial charge in [0.05, 0.1) is 5.92 Å². The minimum atomic E-state index is 0.0574. The number of aromatic nitrogens is 1. The molecule has 2 aliphatic heterocycles. The van der Waals surface area contributed by atoms with Crippen molar-refractivity contribution in [3.8, 4) is 0 Å². The smallest absolute Gasteiger partial charge is 0.225 e. The van der Waals surface area contributed by atoms with Crippen LogP contribution in [0.5, 0.6) is 0 Å². The lowest BCUT2D eigenvalue weighted by Gasteiger charge is -2.34. The number of carbonyl (C=O) groups is 1. The van der Waals surface area contributed by atoms with Gasteiger partial charge in [0, 0.05) is 43.0 Å². The number of carbonyl (C=O) groups excluding carboxylic acids is 1. The predicted octanol–water partition coefficient (Wildman–Crippen LogP) is 2.36. The summed E-state index contributed by atoms with van der Waals surface area (Å²) in [6.07, 6.45) is 5.65. The van der Waals surface area contributed by atoms with Crippen molar-refractivity contribution in [2.75, 3.05) is 31.2 Å². The molecule has 1 aromatic rings. The third-order valence-corrected chi connectivity index (χ3v) is 4.86. The van der Waals surface area contributed by atoms with E-state index in [1.165, 1.54) is 0 Å². The second kappa shape index (κ2) is 7.42. The number of piperidine rings is 1. The molecule has 2 fully saturated rings. The van der Waals surface area contributed by atoms with E-state index in [0.29, 0.717) is 0 Å². The Labute approximate surface area is 139 Å². The van der Waals surface area contributed by atoms with E-state index < -0.39 is 0 Å². The Bertz CT molecular complexity index is 503. The van der Waals surface area contributed by atoms with Crippen LogP contribution in [-0.4, -0.2) is 43.2 Å². The second-order valence-corrected chi connectivity index (χ2v) is 6.93. The summed E-state index contributed by atoms with van der Waals surface area (Å²) in [6, 6.07) is 4.28. The molecule has 0 radical (unpaired) electrons. The molecule has 0 bridgehead atoms. The maximum Gasteiger partial charge on any atom is 0.225 e. The molecule has 1 N–H and O–H groups in total. The zero-order valence-electron chi connectivity index (χ0n) is 12.6. The second-order valence-electron chi connectivity index (χ2n) is 6.02. The van der Waals surface area contributed by atoms with Gasteiger partial charge in [-0.15, -0.1) is 0 Å². The van der Waals surface area contributed by atoms with Gasteiger partial charge in [-0.3, -0.25) is 4.79 Å². The highest BCUT2D eigenvalue weighted by Crippen LogP contribution is 2.23. The standard InChI is InChI=1S/C16H22BrN3O2/c17-13-3-4-15(18-10-13)20-7-1-2-12(11-20)16(21)19-14-5-8-22-9-6-14/h3-4,10,12,14H,1-2,5-9,11H2,(H,19,21). The number of nitrogens with zero attached hydrogens (tertiary/aromatic N) is 2. The lowest BCUT2D eigenvalue weighted by atomic mass is 9.96. The minimum absolute atomic E-state index is 0.0574. The summed E-state index contributed by atoms with van der Waals surface area (Å²) in [6.45, 7) is 3.23. The number of nitrogens with one attached hydrogen (secondary N) is 1. The zero-order valence-corrected chi connectivity index (χ0v) is 14.2. The largest absolute Gasteiger partial charge is 0.381 e. The van der Waals surface area contributed by atoms with E-state index in [2.05, 4.69) is 31.1 Å². The third kappa shape index (κ3) is 3.98. The van der Waals surface area contributed by atoms with Gasteiger partial charge in [-0.1, -0.05) is 0 Å². The molecule has 0 spiro atoms. The monoisotopic (exact) mass is 367 g/mol. The lowest BCUT2D eigenvalue weighted by Crippen LogP contribution is -2.47. The van der Waals surface area contributed by atoms with Crippen molar-refractivity contribution >= 4 is 27.7 Å². The predicted molar refractivity (Wildman–Crippen MR) is 88.9 cm³/mol. The third-order valence-electron chi connectivity index (χ3n) is 4.40. The first-order chi connectivity index (χ1) is 10.7. The zero-order chi connectivity index (χ0) is 15.4. The fourth-order valence-electron chi connectivity index (χ4n) is 3.12. The first kappa shape index (κ1) is 15.7. The van der Waals surface area contributed by atoms with E-state index in [4.69, 9.17) is 4.74 Å². The highest BCUT2D eigenvalue weighted by Gasteiger charge is 2.28. The van der Waals surface area contributed by atoms with Crippen molar-refractivity contribution in [3.05, 3.63) is 22.8 Å². The van der Waals surface area contributed by atoms with Crippen LogP contribution in [0.15, 0.2) is 22.8 Å². The van der Waals surface area contributed by atoms with Crippen molar-refractivity contribution in [1.29, 1.82) is 0 Å². The normalized spacial score (nSPS) is 23.3. The molecule has 1 amide bonds. The summed E-state index contributed by atoms with van der Waals surface area (Å²) in [5.74, 6) is 1.20. The van der Waals surface area contributed by atoms with Gasteiger partial charge in [0.25, 0.3) is 0 Å². The van der Waals surface area contributed by atoms with Gasteiger partial charge < -0.3 is 15.0 Å². The van der Waals surface area contributed by atoms with Crippen LogP contribution in [-0.2, 0) is 9.53 Å². The van der Waals surface area contributed by atoms with Crippen molar-refractivity contribution < 1.29 is 9.53 Å². The van der Waals surface area contributed by atoms with Crippen molar-refractivity contribution in [1.82, 2.24) is 10.3 Å².